The fourth-order valence-corrected chi connectivity index (χ4v) is 3.55. The van der Waals surface area contributed by atoms with Gasteiger partial charge in [-0.05, 0) is 60.3 Å². The number of rotatable bonds is 3. The zero-order chi connectivity index (χ0) is 17.1. The summed E-state index contributed by atoms with van der Waals surface area (Å²) in [4.78, 5) is 17.2. The van der Waals surface area contributed by atoms with Crippen LogP contribution in [0.25, 0.3) is 6.08 Å². The lowest BCUT2D eigenvalue weighted by Crippen LogP contribution is -2.19. The summed E-state index contributed by atoms with van der Waals surface area (Å²) in [6.45, 7) is 0. The van der Waals surface area contributed by atoms with Crippen LogP contribution in [0.4, 0.5) is 5.69 Å². The van der Waals surface area contributed by atoms with Crippen molar-refractivity contribution in [2.24, 2.45) is 4.99 Å². The number of amides is 1. The molecule has 7 heteroatoms. The van der Waals surface area contributed by atoms with Crippen LogP contribution in [0.3, 0.4) is 0 Å². The predicted molar refractivity (Wildman–Crippen MR) is 106 cm³/mol. The van der Waals surface area contributed by atoms with Crippen LogP contribution in [0.1, 0.15) is 5.56 Å². The number of amidine groups is 1. The molecule has 1 aliphatic rings. The Morgan fingerprint density at radius 1 is 1.12 bits per heavy atom. The molecule has 24 heavy (non-hydrogen) atoms. The molecule has 1 saturated heterocycles. The molecule has 0 aliphatic carbocycles. The summed E-state index contributed by atoms with van der Waals surface area (Å²) in [6, 6.07) is 13.2. The van der Waals surface area contributed by atoms with Gasteiger partial charge in [-0.15, -0.1) is 0 Å². The Morgan fingerprint density at radius 2 is 1.83 bits per heavy atom. The van der Waals surface area contributed by atoms with Crippen LogP contribution in [0.2, 0.25) is 0 Å². The molecular weight excluding hydrogens is 456 g/mol. The van der Waals surface area contributed by atoms with Crippen molar-refractivity contribution in [2.45, 2.75) is 0 Å². The molecule has 2 aromatic carbocycles. The van der Waals surface area contributed by atoms with Gasteiger partial charge in [0, 0.05) is 14.5 Å². The number of nitrogens with zero attached hydrogens (tertiary/aromatic N) is 1. The number of hydrogen-bond donors (Lipinski definition) is 1. The normalized spacial score (nSPS) is 17.4. The molecule has 0 atom stereocenters. The number of carbonyl (C=O) groups is 1. The smallest absolute Gasteiger partial charge is 0.264 e. The Hall–Kier alpha value is -1.57. The third kappa shape index (κ3) is 4.09. The van der Waals surface area contributed by atoms with E-state index in [1.54, 1.807) is 13.2 Å². The van der Waals surface area contributed by atoms with E-state index in [2.05, 4.69) is 42.2 Å². The maximum Gasteiger partial charge on any atom is 0.264 e. The minimum Gasteiger partial charge on any atom is -0.496 e. The van der Waals surface area contributed by atoms with E-state index < -0.39 is 0 Å². The molecule has 4 nitrogen and oxygen atoms in total. The van der Waals surface area contributed by atoms with Crippen molar-refractivity contribution >= 4 is 66.5 Å². The minimum atomic E-state index is -0.169. The van der Waals surface area contributed by atoms with E-state index in [-0.39, 0.29) is 5.91 Å². The lowest BCUT2D eigenvalue weighted by Gasteiger charge is -2.05. The van der Waals surface area contributed by atoms with E-state index in [4.69, 9.17) is 4.74 Å². The first-order valence-corrected chi connectivity index (χ1v) is 9.34. The van der Waals surface area contributed by atoms with Crippen LogP contribution in [0.5, 0.6) is 5.75 Å². The van der Waals surface area contributed by atoms with Crippen molar-refractivity contribution in [3.05, 3.63) is 61.9 Å². The molecule has 1 N–H and O–H groups in total. The molecule has 0 unspecified atom stereocenters. The zero-order valence-corrected chi connectivity index (χ0v) is 16.5. The Kier molecular flexibility index (Phi) is 5.43. The molecule has 2 aromatic rings. The first-order chi connectivity index (χ1) is 11.5. The zero-order valence-electron chi connectivity index (χ0n) is 12.5. The number of carbonyl (C=O) groups excluding carboxylic acids is 1. The second-order valence-corrected chi connectivity index (χ2v) is 7.71. The van der Waals surface area contributed by atoms with E-state index in [1.807, 2.05) is 42.5 Å². The van der Waals surface area contributed by atoms with Gasteiger partial charge in [0.15, 0.2) is 5.17 Å². The molecule has 0 saturated carbocycles. The van der Waals surface area contributed by atoms with Crippen molar-refractivity contribution < 1.29 is 9.53 Å². The Morgan fingerprint density at radius 3 is 2.54 bits per heavy atom. The largest absolute Gasteiger partial charge is 0.496 e. The lowest BCUT2D eigenvalue weighted by molar-refractivity contribution is -0.115. The van der Waals surface area contributed by atoms with E-state index in [1.165, 1.54) is 11.8 Å². The first kappa shape index (κ1) is 17.3. The van der Waals surface area contributed by atoms with Crippen molar-refractivity contribution in [1.82, 2.24) is 5.32 Å². The number of methoxy groups -OCH3 is 1. The van der Waals surface area contributed by atoms with E-state index in [0.29, 0.717) is 15.8 Å². The Labute approximate surface area is 160 Å². The van der Waals surface area contributed by atoms with Gasteiger partial charge in [-0.25, -0.2) is 4.99 Å². The topological polar surface area (TPSA) is 50.7 Å². The maximum absolute atomic E-state index is 12.2. The summed E-state index contributed by atoms with van der Waals surface area (Å²) in [5.41, 5.74) is 1.61. The van der Waals surface area contributed by atoms with Crippen molar-refractivity contribution in [1.29, 1.82) is 0 Å². The lowest BCUT2D eigenvalue weighted by atomic mass is 10.2. The molecule has 0 aromatic heterocycles. The highest BCUT2D eigenvalue weighted by Crippen LogP contribution is 2.32. The molecule has 1 heterocycles. The first-order valence-electron chi connectivity index (χ1n) is 6.94. The number of nitrogens with one attached hydrogen (secondary N) is 1. The maximum atomic E-state index is 12.2. The van der Waals surface area contributed by atoms with Gasteiger partial charge in [-0.2, -0.15) is 0 Å². The van der Waals surface area contributed by atoms with Crippen LogP contribution in [-0.2, 0) is 4.79 Å². The van der Waals surface area contributed by atoms with E-state index >= 15 is 0 Å². The summed E-state index contributed by atoms with van der Waals surface area (Å²) in [6.07, 6.45) is 1.80. The third-order valence-electron chi connectivity index (χ3n) is 3.19. The van der Waals surface area contributed by atoms with Gasteiger partial charge in [0.1, 0.15) is 5.75 Å². The molecular formula is C17H12Br2N2O2S. The van der Waals surface area contributed by atoms with Crippen LogP contribution in [0, 0.1) is 0 Å². The number of hydrogen-bond acceptors (Lipinski definition) is 4. The second kappa shape index (κ2) is 7.55. The molecule has 1 amide bonds. The summed E-state index contributed by atoms with van der Waals surface area (Å²) < 4.78 is 7.24. The number of thioether (sulfide) groups is 1. The summed E-state index contributed by atoms with van der Waals surface area (Å²) in [5.74, 6) is 0.537. The number of ether oxygens (including phenoxy) is 1. The van der Waals surface area contributed by atoms with Gasteiger partial charge in [-0.1, -0.05) is 31.9 Å². The standard InChI is InChI=1S/C17H12Br2N2O2S/c1-23-14-7-4-12(19)8-10(14)9-15-16(22)21-17(24-15)20-13-5-2-11(18)3-6-13/h2-9H,1H3,(H,20,21,22)/b15-9+. The Balaban J connectivity index is 1.87. The van der Waals surface area contributed by atoms with Crippen molar-refractivity contribution in [3.8, 4) is 5.75 Å². The molecule has 0 spiro atoms. The van der Waals surface area contributed by atoms with Crippen LogP contribution in [-0.4, -0.2) is 18.2 Å². The van der Waals surface area contributed by atoms with Gasteiger partial charge in [0.05, 0.1) is 17.7 Å². The quantitative estimate of drug-likeness (QED) is 0.638. The minimum absolute atomic E-state index is 0.169. The van der Waals surface area contributed by atoms with E-state index in [9.17, 15) is 4.79 Å². The molecule has 0 radical (unpaired) electrons. The van der Waals surface area contributed by atoms with Crippen LogP contribution >= 0.6 is 43.6 Å². The fourth-order valence-electron chi connectivity index (χ4n) is 2.07. The van der Waals surface area contributed by atoms with Gasteiger partial charge in [0.2, 0.25) is 0 Å². The fraction of sp³-hybridized carbons (Fsp3) is 0.0588. The second-order valence-electron chi connectivity index (χ2n) is 4.84. The predicted octanol–water partition coefficient (Wildman–Crippen LogP) is 5.11. The van der Waals surface area contributed by atoms with Crippen LogP contribution < -0.4 is 10.1 Å². The SMILES string of the molecule is COc1ccc(Br)cc1/C=C1/SC(=Nc2ccc(Br)cc2)NC1=O. The highest BCUT2D eigenvalue weighted by molar-refractivity contribution is 9.10. The molecule has 122 valence electrons. The van der Waals surface area contributed by atoms with Crippen molar-refractivity contribution in [3.63, 3.8) is 0 Å². The molecule has 1 fully saturated rings. The summed E-state index contributed by atoms with van der Waals surface area (Å²) >= 11 is 8.12. The Bertz CT molecular complexity index is 848. The van der Waals surface area contributed by atoms with Gasteiger partial charge in [-0.3, -0.25) is 4.79 Å². The monoisotopic (exact) mass is 466 g/mol. The molecule has 3 rings (SSSR count). The number of halogens is 2. The molecule has 1 aliphatic heterocycles. The highest BCUT2D eigenvalue weighted by Gasteiger charge is 2.24. The van der Waals surface area contributed by atoms with E-state index in [0.717, 1.165) is 20.2 Å². The number of benzene rings is 2. The van der Waals surface area contributed by atoms with Gasteiger partial charge >= 0.3 is 0 Å². The highest BCUT2D eigenvalue weighted by atomic mass is 79.9. The summed E-state index contributed by atoms with van der Waals surface area (Å²) in [7, 11) is 1.60. The average Bonchev–Trinajstić information content (AvgIpc) is 2.89. The third-order valence-corrected chi connectivity index (χ3v) is 5.12. The summed E-state index contributed by atoms with van der Waals surface area (Å²) in [5, 5.41) is 3.34. The van der Waals surface area contributed by atoms with Gasteiger partial charge < -0.3 is 10.1 Å². The average molecular weight is 468 g/mol. The van der Waals surface area contributed by atoms with Crippen molar-refractivity contribution in [2.75, 3.05) is 7.11 Å². The molecule has 0 bridgehead atoms. The van der Waals surface area contributed by atoms with Gasteiger partial charge in [0.25, 0.3) is 5.91 Å². The number of aliphatic imine (C=N–C) groups is 1. The van der Waals surface area contributed by atoms with Crippen LogP contribution in [0.15, 0.2) is 61.3 Å².